The van der Waals surface area contributed by atoms with Crippen LogP contribution in [0.25, 0.3) is 11.1 Å². The van der Waals surface area contributed by atoms with E-state index < -0.39 is 0 Å². The fraction of sp³-hybridized carbons (Fsp3) is 0.435. The zero-order chi connectivity index (χ0) is 21.9. The molecule has 1 fully saturated rings. The Morgan fingerprint density at radius 3 is 2.37 bits per heavy atom. The number of hydrogen-bond donors (Lipinski definition) is 1. The van der Waals surface area contributed by atoms with Gasteiger partial charge in [0.2, 0.25) is 5.88 Å². The number of methoxy groups -OCH3 is 1. The van der Waals surface area contributed by atoms with Crippen molar-refractivity contribution in [3.63, 3.8) is 0 Å². The molecule has 0 amide bonds. The van der Waals surface area contributed by atoms with Crippen LogP contribution in [0.4, 0.5) is 0 Å². The Morgan fingerprint density at radius 2 is 1.83 bits per heavy atom. The normalized spacial score (nSPS) is 18.8. The van der Waals surface area contributed by atoms with Crippen LogP contribution in [-0.2, 0) is 0 Å². The summed E-state index contributed by atoms with van der Waals surface area (Å²) in [6.45, 7) is 12.5. The summed E-state index contributed by atoms with van der Waals surface area (Å²) in [5.74, 6) is 0.581. The molecule has 0 aliphatic carbocycles. The van der Waals surface area contributed by atoms with E-state index in [9.17, 15) is 0 Å². The summed E-state index contributed by atoms with van der Waals surface area (Å²) >= 11 is 8.42. The predicted molar refractivity (Wildman–Crippen MR) is 129 cm³/mol. The van der Waals surface area contributed by atoms with Gasteiger partial charge >= 0.3 is 0 Å². The monoisotopic (exact) mass is 444 g/mol. The van der Waals surface area contributed by atoms with Crippen molar-refractivity contribution in [2.75, 3.05) is 7.11 Å². The number of pyridine rings is 1. The van der Waals surface area contributed by atoms with Crippen LogP contribution in [-0.4, -0.2) is 40.2 Å². The number of nitrogens with one attached hydrogen (secondary N) is 1. The highest BCUT2D eigenvalue weighted by Crippen LogP contribution is 2.38. The lowest BCUT2D eigenvalue weighted by molar-refractivity contribution is 0.189. The minimum atomic E-state index is 0.0567. The second-order valence-electron chi connectivity index (χ2n) is 8.87. The van der Waals surface area contributed by atoms with Crippen molar-refractivity contribution in [2.24, 2.45) is 10.2 Å². The van der Waals surface area contributed by atoms with Gasteiger partial charge in [-0.05, 0) is 58.2 Å². The van der Waals surface area contributed by atoms with Gasteiger partial charge in [0, 0.05) is 46.4 Å². The summed E-state index contributed by atoms with van der Waals surface area (Å²) in [6.07, 6.45) is 3.84. The topological polar surface area (TPSA) is 58.9 Å². The van der Waals surface area contributed by atoms with Crippen molar-refractivity contribution in [2.45, 2.75) is 56.9 Å². The molecule has 7 heteroatoms. The molecule has 0 spiro atoms. The van der Waals surface area contributed by atoms with E-state index in [0.29, 0.717) is 16.2 Å². The zero-order valence-electron chi connectivity index (χ0n) is 18.2. The van der Waals surface area contributed by atoms with Crippen LogP contribution in [0.2, 0.25) is 5.02 Å². The fourth-order valence-corrected chi connectivity index (χ4v) is 6.27. The van der Waals surface area contributed by atoms with Gasteiger partial charge in [0.25, 0.3) is 0 Å². The number of rotatable bonds is 5. The molecule has 0 radical (unpaired) electrons. The smallest absolute Gasteiger partial charge is 0.212 e. The average Bonchev–Trinajstić information content (AvgIpc) is 2.65. The van der Waals surface area contributed by atoms with Gasteiger partial charge in [0.15, 0.2) is 0 Å². The molecule has 2 heterocycles. The Balaban J connectivity index is 1.85. The SMILES string of the molecule is C=N/N=C(\SC1CC(C)(C)NC(C)(C)C1)c1ccc(-c2ccc(OC)nc2)cc1Cl. The number of nitrogens with zero attached hydrogens (tertiary/aromatic N) is 3. The van der Waals surface area contributed by atoms with Gasteiger partial charge in [-0.1, -0.05) is 23.7 Å². The first-order chi connectivity index (χ1) is 14.1. The number of halogens is 1. The third-order valence-corrected chi connectivity index (χ3v) is 6.58. The molecule has 1 aromatic heterocycles. The van der Waals surface area contributed by atoms with E-state index in [1.54, 1.807) is 25.1 Å². The minimum Gasteiger partial charge on any atom is -0.481 e. The first kappa shape index (κ1) is 22.8. The van der Waals surface area contributed by atoms with Crippen LogP contribution in [0.15, 0.2) is 46.7 Å². The molecule has 0 bridgehead atoms. The lowest BCUT2D eigenvalue weighted by Crippen LogP contribution is -2.58. The summed E-state index contributed by atoms with van der Waals surface area (Å²) in [5.41, 5.74) is 2.94. The second-order valence-corrected chi connectivity index (χ2v) is 10.6. The molecule has 2 aromatic rings. The standard InChI is InChI=1S/C23H29ClN4OS/c1-22(2)12-17(13-23(3,4)28-22)30-21(27-25-5)18-9-7-15(11-19(18)24)16-8-10-20(29-6)26-14-16/h7-11,14,17,28H,5,12-13H2,1-4,6H3/b27-21-. The quantitative estimate of drug-likeness (QED) is 0.359. The molecule has 3 rings (SSSR count). The summed E-state index contributed by atoms with van der Waals surface area (Å²) in [7, 11) is 1.60. The second kappa shape index (κ2) is 9.08. The van der Waals surface area contributed by atoms with Crippen LogP contribution in [0, 0.1) is 0 Å². The summed E-state index contributed by atoms with van der Waals surface area (Å²) in [4.78, 5) is 4.27. The molecule has 30 heavy (non-hydrogen) atoms. The van der Waals surface area contributed by atoms with E-state index >= 15 is 0 Å². The van der Waals surface area contributed by atoms with E-state index in [1.807, 2.05) is 30.3 Å². The third kappa shape index (κ3) is 5.62. The van der Waals surface area contributed by atoms with Crippen LogP contribution in [0.5, 0.6) is 5.88 Å². The van der Waals surface area contributed by atoms with Crippen LogP contribution in [0.1, 0.15) is 46.1 Å². The molecule has 1 aliphatic rings. The van der Waals surface area contributed by atoms with E-state index in [4.69, 9.17) is 16.3 Å². The maximum atomic E-state index is 6.68. The van der Waals surface area contributed by atoms with Crippen molar-refractivity contribution in [3.05, 3.63) is 47.1 Å². The van der Waals surface area contributed by atoms with Crippen molar-refractivity contribution < 1.29 is 4.74 Å². The highest BCUT2D eigenvalue weighted by Gasteiger charge is 2.38. The van der Waals surface area contributed by atoms with E-state index in [0.717, 1.165) is 34.6 Å². The Morgan fingerprint density at radius 1 is 1.17 bits per heavy atom. The Bertz CT molecular complexity index is 925. The van der Waals surface area contributed by atoms with Gasteiger partial charge in [0.1, 0.15) is 5.04 Å². The van der Waals surface area contributed by atoms with Gasteiger partial charge < -0.3 is 10.1 Å². The average molecular weight is 445 g/mol. The fourth-order valence-electron chi connectivity index (χ4n) is 4.21. The Hall–Kier alpha value is -1.89. The van der Waals surface area contributed by atoms with E-state index in [-0.39, 0.29) is 11.1 Å². The number of hydrogen-bond acceptors (Lipinski definition) is 6. The molecule has 0 saturated carbocycles. The van der Waals surface area contributed by atoms with Crippen molar-refractivity contribution >= 4 is 35.1 Å². The molecule has 160 valence electrons. The van der Waals surface area contributed by atoms with Crippen LogP contribution >= 0.6 is 23.4 Å². The molecule has 1 aromatic carbocycles. The lowest BCUT2D eigenvalue weighted by Gasteiger charge is -2.46. The maximum absolute atomic E-state index is 6.68. The van der Waals surface area contributed by atoms with Crippen LogP contribution < -0.4 is 10.1 Å². The van der Waals surface area contributed by atoms with Crippen molar-refractivity contribution in [1.29, 1.82) is 0 Å². The zero-order valence-corrected chi connectivity index (χ0v) is 19.8. The number of piperidine rings is 1. The van der Waals surface area contributed by atoms with Crippen molar-refractivity contribution in [3.8, 4) is 17.0 Å². The number of aromatic nitrogens is 1. The third-order valence-electron chi connectivity index (χ3n) is 5.07. The van der Waals surface area contributed by atoms with Gasteiger partial charge in [-0.3, -0.25) is 0 Å². The number of thioether (sulfide) groups is 1. The van der Waals surface area contributed by atoms with Crippen molar-refractivity contribution in [1.82, 2.24) is 10.3 Å². The molecular formula is C23H29ClN4OS. The van der Waals surface area contributed by atoms with Gasteiger partial charge in [-0.15, -0.1) is 16.9 Å². The molecule has 5 nitrogen and oxygen atoms in total. The first-order valence-electron chi connectivity index (χ1n) is 9.92. The molecule has 1 aliphatic heterocycles. The van der Waals surface area contributed by atoms with Gasteiger partial charge in [0.05, 0.1) is 12.1 Å². The maximum Gasteiger partial charge on any atom is 0.212 e. The minimum absolute atomic E-state index is 0.0567. The largest absolute Gasteiger partial charge is 0.481 e. The summed E-state index contributed by atoms with van der Waals surface area (Å²) in [5, 5.41) is 13.7. The highest BCUT2D eigenvalue weighted by molar-refractivity contribution is 8.15. The first-order valence-corrected chi connectivity index (χ1v) is 11.2. The molecule has 1 saturated heterocycles. The van der Waals surface area contributed by atoms with Gasteiger partial charge in [-0.25, -0.2) is 4.98 Å². The lowest BCUT2D eigenvalue weighted by atomic mass is 9.82. The number of ether oxygens (including phenoxy) is 1. The van der Waals surface area contributed by atoms with Crippen LogP contribution in [0.3, 0.4) is 0 Å². The highest BCUT2D eigenvalue weighted by atomic mass is 35.5. The summed E-state index contributed by atoms with van der Waals surface area (Å²) in [6, 6.07) is 9.76. The predicted octanol–water partition coefficient (Wildman–Crippen LogP) is 5.82. The number of benzene rings is 1. The Kier molecular flexibility index (Phi) is 6.90. The molecule has 0 atom stereocenters. The van der Waals surface area contributed by atoms with E-state index in [2.05, 4.69) is 54.9 Å². The molecule has 0 unspecified atom stereocenters. The molecular weight excluding hydrogens is 416 g/mol. The van der Waals surface area contributed by atoms with E-state index in [1.165, 1.54) is 0 Å². The Labute approximate surface area is 188 Å². The summed E-state index contributed by atoms with van der Waals surface area (Å²) < 4.78 is 5.13. The van der Waals surface area contributed by atoms with Gasteiger partial charge in [-0.2, -0.15) is 5.10 Å². The molecule has 1 N–H and O–H groups in total.